The third-order valence-corrected chi connectivity index (χ3v) is 20.3. The summed E-state index contributed by atoms with van der Waals surface area (Å²) in [5, 5.41) is 84.2. The molecule has 0 unspecified atom stereocenters. The van der Waals surface area contributed by atoms with Crippen molar-refractivity contribution in [1.29, 1.82) is 0 Å². The van der Waals surface area contributed by atoms with Gasteiger partial charge in [0.15, 0.2) is 29.0 Å². The first-order valence-corrected chi connectivity index (χ1v) is 38.5. The number of likely N-dealkylation sites (N-methyl/N-ethyl adjacent to an activating group) is 1. The molecule has 0 saturated carbocycles. The summed E-state index contributed by atoms with van der Waals surface area (Å²) in [6, 6.07) is 41.6. The summed E-state index contributed by atoms with van der Waals surface area (Å²) >= 11 is 6.62. The number of hydrogen-bond acceptors (Lipinski definition) is 19. The predicted molar refractivity (Wildman–Crippen MR) is 460 cm³/mol. The zero-order chi connectivity index (χ0) is 86.1. The van der Waals surface area contributed by atoms with Crippen LogP contribution >= 0.6 is 11.6 Å². The fourth-order valence-electron chi connectivity index (χ4n) is 14.0. The van der Waals surface area contributed by atoms with Crippen LogP contribution in [0.3, 0.4) is 0 Å². The van der Waals surface area contributed by atoms with Crippen molar-refractivity contribution in [2.45, 2.75) is 114 Å². The highest BCUT2D eigenvalue weighted by Gasteiger charge is 2.25. The van der Waals surface area contributed by atoms with Crippen molar-refractivity contribution < 1.29 is 48.8 Å². The fraction of sp³-hybridized carbons (Fsp3) is 0.250. The van der Waals surface area contributed by atoms with E-state index in [1.807, 2.05) is 146 Å². The van der Waals surface area contributed by atoms with E-state index < -0.39 is 23.6 Å². The molecule has 1 saturated heterocycles. The second kappa shape index (κ2) is 39.4. The van der Waals surface area contributed by atoms with Gasteiger partial charge < -0.3 is 79.7 Å². The van der Waals surface area contributed by atoms with E-state index in [9.17, 15) is 48.8 Å². The average molecular weight is 1630 g/mol. The number of benzene rings is 8. The van der Waals surface area contributed by atoms with Crippen molar-refractivity contribution in [3.8, 4) is 23.0 Å². The summed E-state index contributed by atoms with van der Waals surface area (Å²) in [6.07, 6.45) is 1.64. The van der Waals surface area contributed by atoms with E-state index in [-0.39, 0.29) is 34.5 Å². The Hall–Kier alpha value is -14.2. The van der Waals surface area contributed by atoms with E-state index in [1.165, 1.54) is 19.1 Å². The number of carbonyl (C=O) groups is 5. The number of H-pyrrole nitrogens is 4. The Bertz CT molecular complexity index is 5670. The second-order valence-corrected chi connectivity index (χ2v) is 29.9. The molecule has 29 nitrogen and oxygen atoms in total. The number of halogens is 2. The third-order valence-electron chi connectivity index (χ3n) is 20.0. The molecule has 1 fully saturated rings. The molecule has 0 aliphatic carbocycles. The Morgan fingerprint density at radius 3 is 1.07 bits per heavy atom. The zero-order valence-electron chi connectivity index (χ0n) is 67.8. The quantitative estimate of drug-likeness (QED) is 0.0224. The smallest absolute Gasteiger partial charge is 0.254 e. The van der Waals surface area contributed by atoms with Crippen molar-refractivity contribution in [3.05, 3.63) is 296 Å². The summed E-state index contributed by atoms with van der Waals surface area (Å²) < 4.78 is 13.1. The van der Waals surface area contributed by atoms with Crippen molar-refractivity contribution in [2.24, 2.45) is 22.9 Å². The first-order chi connectivity index (χ1) is 56.7. The molecule has 12 aromatic rings. The van der Waals surface area contributed by atoms with Crippen LogP contribution in [-0.2, 0) is 56.7 Å². The monoisotopic (exact) mass is 1630 g/mol. The normalized spacial score (nSPS) is 11.7. The molecule has 0 atom stereocenters. The topological polar surface area (TPSA) is 456 Å². The molecule has 0 bridgehead atoms. The minimum atomic E-state index is -0.596. The number of phenols is 4. The Morgan fingerprint density at radius 2 is 0.748 bits per heavy atom. The highest BCUT2D eigenvalue weighted by Crippen LogP contribution is 2.34. The Labute approximate surface area is 693 Å². The van der Waals surface area contributed by atoms with Gasteiger partial charge in [0.25, 0.3) is 23.6 Å². The van der Waals surface area contributed by atoms with Crippen molar-refractivity contribution >= 4 is 81.5 Å². The van der Waals surface area contributed by atoms with Crippen LogP contribution in [0.15, 0.2) is 140 Å². The molecule has 0 spiro atoms. The molecule has 618 valence electrons. The molecule has 31 heteroatoms. The summed E-state index contributed by atoms with van der Waals surface area (Å²) in [6.45, 7) is 28.9. The van der Waals surface area contributed by atoms with Crippen molar-refractivity contribution in [3.63, 3.8) is 0 Å². The summed E-state index contributed by atoms with van der Waals surface area (Å²) in [5.74, 6) is -0.128. The van der Waals surface area contributed by atoms with Gasteiger partial charge in [-0.2, -0.15) is 20.4 Å². The standard InChI is InChI=1S/C25H31ClN6O2.C22H25N5O3.C21H21N5O2.C20H21FN4O2/c1-15-10-18(11-16(2)23(15)33)14-28-25-22(24(27)34)20(29-30-25)13-17-4-5-21(19(26)12-17)32-8-6-31(3)7-9-32;1-12-7-16(8-13(2)20(12)29)11-24-22-19(21(23)30)18(26-27-22)10-15-5-4-6-17(9-15)25-14(3)28;1-12-7-15(8-13(2)19(12)27)11-24-21-18(20(22)28)17(25-26-21)10-14-5-4-6-16(9-14)23-3;1-11-7-14(8-12(2)18(11)26)10-23-20-17(19(22)27)16(24-25-20)9-13-3-5-15(21)6-4-13/h4-5,10-12,33H,6-9,13-14H2,1-3H3,(H2,27,34)(H2,28,29,30);4-9,29H,10-11H2,1-3H3,(H2,23,30)(H,25,28)(H2,24,26,27);4-9,27H,10-11H2,1-2H3,(H2,22,28)(H2,24,25,26);3-8,26H,9-10H2,1-2H3,(H2,22,27)(H2,23,24,25). The maximum atomic E-state index is 13.1. The van der Waals surface area contributed by atoms with Gasteiger partial charge in [-0.05, 0) is 182 Å². The lowest BCUT2D eigenvalue weighted by Crippen LogP contribution is -2.44. The van der Waals surface area contributed by atoms with E-state index in [1.54, 1.807) is 36.4 Å². The number of amides is 5. The van der Waals surface area contributed by atoms with Gasteiger partial charge in [0.05, 0.1) is 40.1 Å². The van der Waals surface area contributed by atoms with E-state index in [0.29, 0.717) is 137 Å². The lowest BCUT2D eigenvalue weighted by atomic mass is 10.0. The van der Waals surface area contributed by atoms with Crippen LogP contribution in [0.4, 0.5) is 44.7 Å². The van der Waals surface area contributed by atoms with Crippen molar-refractivity contribution in [1.82, 2.24) is 45.7 Å². The van der Waals surface area contributed by atoms with Gasteiger partial charge in [-0.25, -0.2) is 9.24 Å². The maximum absolute atomic E-state index is 13.1. The summed E-state index contributed by atoms with van der Waals surface area (Å²) in [7, 11) is 2.12. The van der Waals surface area contributed by atoms with E-state index in [4.69, 9.17) is 41.1 Å². The van der Waals surface area contributed by atoms with Gasteiger partial charge in [0, 0.05) is 90.7 Å². The number of hydrogen-bond donors (Lipinski definition) is 17. The molecule has 119 heavy (non-hydrogen) atoms. The number of nitrogens with two attached hydrogens (primary N) is 4. The molecule has 0 radical (unpaired) electrons. The lowest BCUT2D eigenvalue weighted by molar-refractivity contribution is -0.114. The number of aryl methyl sites for hydroxylation is 8. The van der Waals surface area contributed by atoms with Gasteiger partial charge in [0.1, 0.15) is 51.1 Å². The highest BCUT2D eigenvalue weighted by atomic mass is 35.5. The molecule has 5 heterocycles. The van der Waals surface area contributed by atoms with E-state index in [2.05, 4.69) is 89.1 Å². The number of aromatic hydroxyl groups is 4. The number of piperazine rings is 1. The van der Waals surface area contributed by atoms with Gasteiger partial charge in [-0.1, -0.05) is 120 Å². The minimum absolute atomic E-state index is 0.155. The number of carbonyl (C=O) groups excluding carboxylic acids is 5. The first-order valence-electron chi connectivity index (χ1n) is 38.1. The van der Waals surface area contributed by atoms with Gasteiger partial charge in [0.2, 0.25) is 5.91 Å². The molecule has 1 aliphatic rings. The fourth-order valence-corrected chi connectivity index (χ4v) is 14.3. The molecule has 1 aliphatic heterocycles. The van der Waals surface area contributed by atoms with Crippen LogP contribution in [0.5, 0.6) is 23.0 Å². The Balaban J connectivity index is 0.000000168. The number of nitrogens with one attached hydrogen (secondary N) is 9. The molecule has 21 N–H and O–H groups in total. The number of anilines is 6. The number of primary amides is 4. The van der Waals surface area contributed by atoms with Gasteiger partial charge >= 0.3 is 0 Å². The van der Waals surface area contributed by atoms with E-state index >= 15 is 0 Å². The number of aromatic amines is 4. The first kappa shape index (κ1) is 87.2. The number of aromatic nitrogens is 8. The number of phenolic OH excluding ortho intramolecular Hbond substituents is 4. The molecule has 5 amide bonds. The molecular weight excluding hydrogens is 1540 g/mol. The summed E-state index contributed by atoms with van der Waals surface area (Å²) in [5.41, 5.74) is 42.0. The van der Waals surface area contributed by atoms with Crippen LogP contribution < -0.4 is 54.4 Å². The zero-order valence-corrected chi connectivity index (χ0v) is 68.5. The van der Waals surface area contributed by atoms with E-state index in [0.717, 1.165) is 121 Å². The number of nitrogens with zero attached hydrogens (tertiary/aromatic N) is 7. The molecular formula is C88H98ClFN20O9. The Morgan fingerprint density at radius 1 is 0.437 bits per heavy atom. The summed E-state index contributed by atoms with van der Waals surface area (Å²) in [4.78, 5) is 67.6. The van der Waals surface area contributed by atoms with Crippen molar-refractivity contribution in [2.75, 3.05) is 64.7 Å². The maximum Gasteiger partial charge on any atom is 0.254 e. The lowest BCUT2D eigenvalue weighted by Gasteiger charge is -2.34. The molecule has 8 aromatic carbocycles. The Kier molecular flexibility index (Phi) is 28.9. The van der Waals surface area contributed by atoms with Crippen LogP contribution in [0, 0.1) is 67.8 Å². The predicted octanol–water partition coefficient (Wildman–Crippen LogP) is 13.2. The van der Waals surface area contributed by atoms with Crippen LogP contribution in [0.25, 0.3) is 4.85 Å². The van der Waals surface area contributed by atoms with Crippen LogP contribution in [0.1, 0.15) is 160 Å². The number of rotatable bonds is 26. The third kappa shape index (κ3) is 22.9. The minimum Gasteiger partial charge on any atom is -0.507 e. The molecule has 13 rings (SSSR count). The average Bonchev–Trinajstić information content (AvgIpc) is 1.69. The van der Waals surface area contributed by atoms with Crippen LogP contribution in [0.2, 0.25) is 5.02 Å². The van der Waals surface area contributed by atoms with Gasteiger partial charge in [-0.3, -0.25) is 44.4 Å². The van der Waals surface area contributed by atoms with Gasteiger partial charge in [-0.15, -0.1) is 0 Å². The van der Waals surface area contributed by atoms with Crippen LogP contribution in [-0.4, -0.2) is 129 Å². The second-order valence-electron chi connectivity index (χ2n) is 29.5. The highest BCUT2D eigenvalue weighted by molar-refractivity contribution is 6.33. The largest absolute Gasteiger partial charge is 0.507 e. The molecule has 4 aromatic heterocycles. The SMILES string of the molecule is CC(=O)Nc1cccc(Cc2[nH]nc(NCc3cc(C)c(O)c(C)c3)c2C(N)=O)c1.Cc1cc(CNc2n[nH]c(Cc3ccc(F)cc3)c2C(N)=O)cc(C)c1O.Cc1cc(CNc2n[nH]c(Cc3ccc(N4CCN(C)CC4)c(Cl)c3)c2C(N)=O)cc(C)c1O.[C-]#[N+]c1cccc(Cc2[nH]nc(NCc3cc(C)c(O)c(C)c3)c2C(N)=O)c1.